The van der Waals surface area contributed by atoms with E-state index >= 15 is 0 Å². The molecule has 2 aliphatic rings. The number of ether oxygens (including phenoxy) is 1. The first kappa shape index (κ1) is 28.3. The molecule has 1 aliphatic carbocycles. The monoisotopic (exact) mass is 540 g/mol. The Kier molecular flexibility index (Phi) is 8.32. The number of benzene rings is 2. The van der Waals surface area contributed by atoms with Crippen LogP contribution in [-0.4, -0.2) is 35.3 Å². The molecule has 0 bridgehead atoms. The first-order chi connectivity index (χ1) is 18.0. The Morgan fingerprint density at radius 1 is 1.18 bits per heavy atom. The summed E-state index contributed by atoms with van der Waals surface area (Å²) in [4.78, 5) is 33.3. The van der Waals surface area contributed by atoms with Gasteiger partial charge in [-0.1, -0.05) is 70.3 Å². The Morgan fingerprint density at radius 2 is 1.84 bits per heavy atom. The highest BCUT2D eigenvalue weighted by molar-refractivity contribution is 6.47. The van der Waals surface area contributed by atoms with Crippen LogP contribution in [0.2, 0.25) is 5.02 Å². The van der Waals surface area contributed by atoms with Crippen molar-refractivity contribution >= 4 is 29.2 Å². The number of amides is 1. The molecule has 0 aromatic heterocycles. The average Bonchev–Trinajstić information content (AvgIpc) is 3.17. The van der Waals surface area contributed by atoms with Crippen LogP contribution >= 0.6 is 11.6 Å². The third-order valence-electron chi connectivity index (χ3n) is 8.25. The van der Waals surface area contributed by atoms with Crippen LogP contribution in [0.4, 0.5) is 4.39 Å². The minimum Gasteiger partial charge on any atom is -0.465 e. The quantitative estimate of drug-likeness (QED) is 0.337. The highest BCUT2D eigenvalue weighted by Crippen LogP contribution is 2.50. The summed E-state index contributed by atoms with van der Waals surface area (Å²) < 4.78 is 19.3. The van der Waals surface area contributed by atoms with Crippen molar-refractivity contribution in [3.05, 3.63) is 70.0 Å². The number of carbonyl (C=O) groups excluding carboxylic acids is 2. The van der Waals surface area contributed by atoms with E-state index in [2.05, 4.69) is 27.7 Å². The molecule has 0 unspecified atom stereocenters. The zero-order valence-corrected chi connectivity index (χ0v) is 23.8. The summed E-state index contributed by atoms with van der Waals surface area (Å²) in [6.45, 7) is 8.94. The summed E-state index contributed by atoms with van der Waals surface area (Å²) in [7, 11) is 1.36. The molecule has 0 saturated heterocycles. The normalized spacial score (nSPS) is 22.5. The molecule has 0 radical (unpaired) electrons. The topological polar surface area (TPSA) is 59.0 Å². The number of unbranched alkanes of at least 4 members (excludes halogenated alkanes) is 1. The molecule has 204 valence electrons. The van der Waals surface area contributed by atoms with E-state index < -0.39 is 17.4 Å². The lowest BCUT2D eigenvalue weighted by molar-refractivity contribution is -0.133. The van der Waals surface area contributed by atoms with Gasteiger partial charge in [-0.25, -0.2) is 9.18 Å². The van der Waals surface area contributed by atoms with Gasteiger partial charge in [0.2, 0.25) is 0 Å². The van der Waals surface area contributed by atoms with Gasteiger partial charge in [-0.05, 0) is 73.3 Å². The number of rotatable bonds is 7. The van der Waals surface area contributed by atoms with Gasteiger partial charge in [0.05, 0.1) is 23.7 Å². The van der Waals surface area contributed by atoms with Gasteiger partial charge in [-0.3, -0.25) is 9.79 Å². The van der Waals surface area contributed by atoms with Gasteiger partial charge < -0.3 is 9.64 Å². The van der Waals surface area contributed by atoms with E-state index in [-0.39, 0.29) is 22.4 Å². The van der Waals surface area contributed by atoms with Crippen LogP contribution in [0.5, 0.6) is 0 Å². The van der Waals surface area contributed by atoms with Gasteiger partial charge in [0.1, 0.15) is 17.2 Å². The number of hydrogen-bond acceptors (Lipinski definition) is 4. The third-order valence-corrected chi connectivity index (χ3v) is 8.56. The van der Waals surface area contributed by atoms with E-state index in [1.807, 2.05) is 17.0 Å². The molecular weight excluding hydrogens is 503 g/mol. The number of methoxy groups -OCH3 is 1. The fourth-order valence-corrected chi connectivity index (χ4v) is 6.09. The fourth-order valence-electron chi connectivity index (χ4n) is 5.98. The van der Waals surface area contributed by atoms with Crippen molar-refractivity contribution in [2.24, 2.45) is 16.3 Å². The summed E-state index contributed by atoms with van der Waals surface area (Å²) in [5, 5.41) is 0.0172. The first-order valence-corrected chi connectivity index (χ1v) is 14.0. The first-order valence-electron chi connectivity index (χ1n) is 13.6. The van der Waals surface area contributed by atoms with E-state index in [1.165, 1.54) is 19.2 Å². The maximum atomic E-state index is 14.4. The summed E-state index contributed by atoms with van der Waals surface area (Å²) in [6, 6.07) is 11.6. The van der Waals surface area contributed by atoms with Gasteiger partial charge in [-0.2, -0.15) is 0 Å². The summed E-state index contributed by atoms with van der Waals surface area (Å²) in [5.74, 6) is -0.611. The van der Waals surface area contributed by atoms with Gasteiger partial charge in [0, 0.05) is 5.56 Å². The van der Waals surface area contributed by atoms with Gasteiger partial charge in [-0.15, -0.1) is 0 Å². The minimum atomic E-state index is -0.691. The van der Waals surface area contributed by atoms with Crippen molar-refractivity contribution in [3.8, 4) is 0 Å². The number of hydrogen-bond donors (Lipinski definition) is 0. The molecule has 2 aromatic rings. The molecule has 1 spiro atoms. The van der Waals surface area contributed by atoms with Crippen molar-refractivity contribution in [2.75, 3.05) is 7.11 Å². The van der Waals surface area contributed by atoms with E-state index in [0.29, 0.717) is 22.8 Å². The van der Waals surface area contributed by atoms with Gasteiger partial charge in [0.15, 0.2) is 0 Å². The lowest BCUT2D eigenvalue weighted by atomic mass is 9.69. The second kappa shape index (κ2) is 11.2. The van der Waals surface area contributed by atoms with Crippen LogP contribution in [0.25, 0.3) is 0 Å². The van der Waals surface area contributed by atoms with Crippen LogP contribution in [0.15, 0.2) is 47.5 Å². The summed E-state index contributed by atoms with van der Waals surface area (Å²) in [5.41, 5.74) is 1.65. The lowest BCUT2D eigenvalue weighted by Gasteiger charge is -2.47. The third kappa shape index (κ3) is 5.51. The largest absolute Gasteiger partial charge is 0.465 e. The van der Waals surface area contributed by atoms with Crippen molar-refractivity contribution in [1.82, 2.24) is 4.90 Å². The summed E-state index contributed by atoms with van der Waals surface area (Å²) in [6.07, 6.45) is 6.10. The van der Waals surface area contributed by atoms with E-state index in [1.54, 1.807) is 18.2 Å². The molecule has 38 heavy (non-hydrogen) atoms. The van der Waals surface area contributed by atoms with Gasteiger partial charge in [0.25, 0.3) is 5.91 Å². The number of nitrogens with zero attached hydrogens (tertiary/aromatic N) is 2. The number of carbonyl (C=O) groups is 2. The maximum absolute atomic E-state index is 14.4. The van der Waals surface area contributed by atoms with Crippen molar-refractivity contribution in [2.45, 2.75) is 84.3 Å². The van der Waals surface area contributed by atoms with E-state index in [0.717, 1.165) is 50.5 Å². The lowest BCUT2D eigenvalue weighted by Crippen LogP contribution is -2.51. The second-order valence-electron chi connectivity index (χ2n) is 11.7. The Morgan fingerprint density at radius 3 is 2.39 bits per heavy atom. The predicted molar refractivity (Wildman–Crippen MR) is 149 cm³/mol. The molecule has 7 heteroatoms. The zero-order chi connectivity index (χ0) is 27.7. The molecule has 2 aromatic carbocycles. The molecule has 1 heterocycles. The standard InChI is InChI=1S/C31H38ClFN2O3/c1-6-7-8-26(20-9-11-21(12-10-20)29(37)38-5)35-28(36)27(22-13-14-24(32)25(33)19-22)34-31(35)17-15-23(16-18-31)30(2,3)4/h9-14,19,23,26H,6-8,15-18H2,1-5H3/t23?,26-,31?/m1/s1. The number of aliphatic imine (C=N–C) groups is 1. The molecule has 1 amide bonds. The van der Waals surface area contributed by atoms with Crippen LogP contribution < -0.4 is 0 Å². The Hall–Kier alpha value is -2.73. The molecule has 5 nitrogen and oxygen atoms in total. The molecule has 1 atom stereocenters. The van der Waals surface area contributed by atoms with Crippen LogP contribution in [0.3, 0.4) is 0 Å². The van der Waals surface area contributed by atoms with Crippen LogP contribution in [0, 0.1) is 17.2 Å². The van der Waals surface area contributed by atoms with Crippen LogP contribution in [-0.2, 0) is 9.53 Å². The average molecular weight is 541 g/mol. The molecule has 1 fully saturated rings. The molecule has 0 N–H and O–H groups in total. The molecular formula is C31H38ClFN2O3. The summed E-state index contributed by atoms with van der Waals surface area (Å²) >= 11 is 5.94. The SMILES string of the molecule is CCCC[C@H](c1ccc(C(=O)OC)cc1)N1C(=O)C(c2ccc(Cl)c(F)c2)=NC12CCC(C(C)(C)C)CC2. The minimum absolute atomic E-state index is 0.0172. The Balaban J connectivity index is 1.78. The van der Waals surface area contributed by atoms with Gasteiger partial charge >= 0.3 is 5.97 Å². The Labute approximate surface area is 230 Å². The number of esters is 1. The van der Waals surface area contributed by atoms with Crippen LogP contribution in [0.1, 0.15) is 100 Å². The predicted octanol–water partition coefficient (Wildman–Crippen LogP) is 7.76. The Bertz CT molecular complexity index is 1210. The maximum Gasteiger partial charge on any atom is 0.337 e. The smallest absolute Gasteiger partial charge is 0.337 e. The second-order valence-corrected chi connectivity index (χ2v) is 12.1. The van der Waals surface area contributed by atoms with Crippen molar-refractivity contribution in [1.29, 1.82) is 0 Å². The fraction of sp³-hybridized carbons (Fsp3) is 0.516. The molecule has 4 rings (SSSR count). The highest BCUT2D eigenvalue weighted by Gasteiger charge is 2.52. The molecule has 1 aliphatic heterocycles. The molecule has 1 saturated carbocycles. The zero-order valence-electron chi connectivity index (χ0n) is 23.0. The van der Waals surface area contributed by atoms with E-state index in [4.69, 9.17) is 21.3 Å². The van der Waals surface area contributed by atoms with E-state index in [9.17, 15) is 14.0 Å². The van der Waals surface area contributed by atoms with Crippen molar-refractivity contribution in [3.63, 3.8) is 0 Å². The highest BCUT2D eigenvalue weighted by atomic mass is 35.5. The number of halogens is 2. The van der Waals surface area contributed by atoms with Crippen molar-refractivity contribution < 1.29 is 18.7 Å².